The third-order valence-electron chi connectivity index (χ3n) is 2.36. The molecule has 1 unspecified atom stereocenters. The molecule has 3 nitrogen and oxygen atoms in total. The van der Waals surface area contributed by atoms with Crippen molar-refractivity contribution in [3.8, 4) is 5.75 Å². The highest BCUT2D eigenvalue weighted by atomic mass is 16.5. The maximum absolute atomic E-state index is 5.99. The zero-order valence-corrected chi connectivity index (χ0v) is 10.1. The molecule has 0 radical (unpaired) electrons. The van der Waals surface area contributed by atoms with Crippen LogP contribution in [0.5, 0.6) is 5.75 Å². The lowest BCUT2D eigenvalue weighted by Gasteiger charge is -2.14. The molecular weight excluding hydrogens is 202 g/mol. The first-order chi connectivity index (χ1) is 7.77. The minimum atomic E-state index is 0.0304. The normalized spacial score (nSPS) is 12.4. The van der Waals surface area contributed by atoms with Crippen LogP contribution in [-0.4, -0.2) is 26.4 Å². The molecule has 0 aliphatic heterocycles. The van der Waals surface area contributed by atoms with Crippen molar-refractivity contribution < 1.29 is 9.47 Å². The second kappa shape index (κ2) is 7.25. The Morgan fingerprint density at radius 2 is 2.06 bits per heavy atom. The van der Waals surface area contributed by atoms with Crippen LogP contribution in [0.4, 0.5) is 0 Å². The molecule has 0 aliphatic carbocycles. The van der Waals surface area contributed by atoms with E-state index in [0.717, 1.165) is 30.8 Å². The average molecular weight is 223 g/mol. The topological polar surface area (TPSA) is 44.5 Å². The van der Waals surface area contributed by atoms with Gasteiger partial charge in [-0.05, 0) is 24.5 Å². The molecule has 0 heterocycles. The molecule has 0 amide bonds. The molecule has 1 aromatic rings. The third-order valence-corrected chi connectivity index (χ3v) is 2.36. The van der Waals surface area contributed by atoms with Crippen LogP contribution < -0.4 is 10.5 Å². The molecule has 0 saturated heterocycles. The van der Waals surface area contributed by atoms with E-state index in [4.69, 9.17) is 15.2 Å². The highest BCUT2D eigenvalue weighted by Gasteiger charge is 2.08. The molecule has 0 bridgehead atoms. The van der Waals surface area contributed by atoms with Crippen molar-refractivity contribution in [2.24, 2.45) is 5.73 Å². The second-order valence-corrected chi connectivity index (χ2v) is 3.85. The lowest BCUT2D eigenvalue weighted by molar-refractivity contribution is 0.121. The van der Waals surface area contributed by atoms with Crippen LogP contribution in [-0.2, 0) is 11.2 Å². The first-order valence-corrected chi connectivity index (χ1v) is 5.73. The van der Waals surface area contributed by atoms with Gasteiger partial charge in [-0.1, -0.05) is 25.1 Å². The number of ether oxygens (including phenoxy) is 2. The highest BCUT2D eigenvalue weighted by Crippen LogP contribution is 2.18. The molecule has 0 fully saturated rings. The Hall–Kier alpha value is -1.06. The number of nitrogens with two attached hydrogens (primary N) is 1. The van der Waals surface area contributed by atoms with Gasteiger partial charge < -0.3 is 15.2 Å². The summed E-state index contributed by atoms with van der Waals surface area (Å²) in [6.45, 7) is 3.47. The van der Waals surface area contributed by atoms with Gasteiger partial charge in [-0.25, -0.2) is 0 Å². The van der Waals surface area contributed by atoms with Gasteiger partial charge in [-0.3, -0.25) is 0 Å². The summed E-state index contributed by atoms with van der Waals surface area (Å²) in [5.74, 6) is 0.897. The molecule has 90 valence electrons. The molecule has 0 aliphatic rings. The summed E-state index contributed by atoms with van der Waals surface area (Å²) in [7, 11) is 1.68. The van der Waals surface area contributed by atoms with Crippen molar-refractivity contribution in [3.05, 3.63) is 29.8 Å². The quantitative estimate of drug-likeness (QED) is 0.719. The molecule has 16 heavy (non-hydrogen) atoms. The van der Waals surface area contributed by atoms with Crippen LogP contribution >= 0.6 is 0 Å². The van der Waals surface area contributed by atoms with Crippen molar-refractivity contribution in [2.75, 3.05) is 20.3 Å². The van der Waals surface area contributed by atoms with E-state index in [0.29, 0.717) is 6.61 Å². The van der Waals surface area contributed by atoms with E-state index in [1.165, 1.54) is 0 Å². The Balaban J connectivity index is 2.45. The first kappa shape index (κ1) is 13.0. The summed E-state index contributed by atoms with van der Waals surface area (Å²) >= 11 is 0. The lowest BCUT2D eigenvalue weighted by atomic mass is 10.1. The van der Waals surface area contributed by atoms with E-state index >= 15 is 0 Å². The molecule has 1 atom stereocenters. The smallest absolute Gasteiger partial charge is 0.122 e. The van der Waals surface area contributed by atoms with Gasteiger partial charge in [0.2, 0.25) is 0 Å². The van der Waals surface area contributed by atoms with E-state index in [1.807, 2.05) is 24.3 Å². The number of hydrogen-bond acceptors (Lipinski definition) is 3. The van der Waals surface area contributed by atoms with Crippen LogP contribution in [0.15, 0.2) is 24.3 Å². The molecule has 3 heteroatoms. The SMILES string of the molecule is CCCOCC(N)Cc1ccccc1OC. The lowest BCUT2D eigenvalue weighted by Crippen LogP contribution is -2.29. The molecular formula is C13H21NO2. The molecule has 0 aromatic heterocycles. The predicted molar refractivity (Wildman–Crippen MR) is 65.8 cm³/mol. The van der Waals surface area contributed by atoms with Gasteiger partial charge >= 0.3 is 0 Å². The van der Waals surface area contributed by atoms with Crippen LogP contribution in [0.3, 0.4) is 0 Å². The average Bonchev–Trinajstić information content (AvgIpc) is 2.30. The zero-order chi connectivity index (χ0) is 11.8. The molecule has 2 N–H and O–H groups in total. The monoisotopic (exact) mass is 223 g/mol. The number of methoxy groups -OCH3 is 1. The maximum atomic E-state index is 5.99. The molecule has 1 aromatic carbocycles. The minimum absolute atomic E-state index is 0.0304. The van der Waals surface area contributed by atoms with Crippen molar-refractivity contribution >= 4 is 0 Å². The van der Waals surface area contributed by atoms with Gasteiger partial charge in [-0.2, -0.15) is 0 Å². The van der Waals surface area contributed by atoms with E-state index in [-0.39, 0.29) is 6.04 Å². The Morgan fingerprint density at radius 1 is 1.31 bits per heavy atom. The van der Waals surface area contributed by atoms with Crippen LogP contribution in [0.25, 0.3) is 0 Å². The first-order valence-electron chi connectivity index (χ1n) is 5.73. The van der Waals surface area contributed by atoms with E-state index in [1.54, 1.807) is 7.11 Å². The van der Waals surface area contributed by atoms with E-state index in [2.05, 4.69) is 6.92 Å². The van der Waals surface area contributed by atoms with Crippen molar-refractivity contribution in [1.82, 2.24) is 0 Å². The van der Waals surface area contributed by atoms with Gasteiger partial charge in [-0.15, -0.1) is 0 Å². The van der Waals surface area contributed by atoms with Crippen LogP contribution in [0.1, 0.15) is 18.9 Å². The number of hydrogen-bond donors (Lipinski definition) is 1. The summed E-state index contributed by atoms with van der Waals surface area (Å²) in [6.07, 6.45) is 1.81. The fourth-order valence-electron chi connectivity index (χ4n) is 1.59. The van der Waals surface area contributed by atoms with Gasteiger partial charge in [0, 0.05) is 12.6 Å². The summed E-state index contributed by atoms with van der Waals surface area (Å²) < 4.78 is 10.7. The Bertz CT molecular complexity index is 302. The van der Waals surface area contributed by atoms with Crippen LogP contribution in [0, 0.1) is 0 Å². The second-order valence-electron chi connectivity index (χ2n) is 3.85. The molecule has 0 spiro atoms. The Morgan fingerprint density at radius 3 is 2.75 bits per heavy atom. The maximum Gasteiger partial charge on any atom is 0.122 e. The summed E-state index contributed by atoms with van der Waals surface area (Å²) in [4.78, 5) is 0. The summed E-state index contributed by atoms with van der Waals surface area (Å²) in [5.41, 5.74) is 7.13. The Labute approximate surface area is 97.6 Å². The zero-order valence-electron chi connectivity index (χ0n) is 10.1. The van der Waals surface area contributed by atoms with Gasteiger partial charge in [0.1, 0.15) is 5.75 Å². The van der Waals surface area contributed by atoms with Gasteiger partial charge in [0.05, 0.1) is 13.7 Å². The molecule has 1 rings (SSSR count). The number of benzene rings is 1. The van der Waals surface area contributed by atoms with E-state index in [9.17, 15) is 0 Å². The number of rotatable bonds is 7. The predicted octanol–water partition coefficient (Wildman–Crippen LogP) is 1.99. The van der Waals surface area contributed by atoms with Crippen LogP contribution in [0.2, 0.25) is 0 Å². The van der Waals surface area contributed by atoms with Crippen molar-refractivity contribution in [2.45, 2.75) is 25.8 Å². The minimum Gasteiger partial charge on any atom is -0.496 e. The highest BCUT2D eigenvalue weighted by molar-refractivity contribution is 5.33. The van der Waals surface area contributed by atoms with Crippen molar-refractivity contribution in [1.29, 1.82) is 0 Å². The fourth-order valence-corrected chi connectivity index (χ4v) is 1.59. The fraction of sp³-hybridized carbons (Fsp3) is 0.538. The summed E-state index contributed by atoms with van der Waals surface area (Å²) in [6, 6.07) is 7.98. The van der Waals surface area contributed by atoms with Gasteiger partial charge in [0.25, 0.3) is 0 Å². The standard InChI is InChI=1S/C13H21NO2/c1-3-8-16-10-12(14)9-11-6-4-5-7-13(11)15-2/h4-7,12H,3,8-10,14H2,1-2H3. The van der Waals surface area contributed by atoms with Crippen molar-refractivity contribution in [3.63, 3.8) is 0 Å². The van der Waals surface area contributed by atoms with E-state index < -0.39 is 0 Å². The third kappa shape index (κ3) is 4.21. The largest absolute Gasteiger partial charge is 0.496 e. The van der Waals surface area contributed by atoms with Gasteiger partial charge in [0.15, 0.2) is 0 Å². The molecule has 0 saturated carbocycles. The Kier molecular flexibility index (Phi) is 5.90. The summed E-state index contributed by atoms with van der Waals surface area (Å²) in [5, 5.41) is 0. The number of para-hydroxylation sites is 1.